The molecule has 0 saturated heterocycles. The van der Waals surface area contributed by atoms with Gasteiger partial charge in [-0.05, 0) is 19.1 Å². The Labute approximate surface area is 136 Å². The van der Waals surface area contributed by atoms with Gasteiger partial charge in [0.1, 0.15) is 12.1 Å². The molecular weight excluding hydrogens is 290 g/mol. The van der Waals surface area contributed by atoms with E-state index in [1.165, 1.54) is 11.9 Å². The van der Waals surface area contributed by atoms with Crippen LogP contribution < -0.4 is 15.8 Å². The molecule has 2 aromatic rings. The number of nitrogens with zero attached hydrogens (tertiary/aromatic N) is 3. The number of anilines is 1. The van der Waals surface area contributed by atoms with Crippen LogP contribution in [0, 0.1) is 12.3 Å². The van der Waals surface area contributed by atoms with E-state index in [1.807, 2.05) is 24.3 Å². The zero-order valence-electron chi connectivity index (χ0n) is 13.8. The molecule has 1 aromatic heterocycles. The van der Waals surface area contributed by atoms with Crippen molar-refractivity contribution in [3.05, 3.63) is 48.5 Å². The highest BCUT2D eigenvalue weighted by Gasteiger charge is 2.19. The highest BCUT2D eigenvalue weighted by molar-refractivity contribution is 5.91. The van der Waals surface area contributed by atoms with Crippen molar-refractivity contribution in [3.63, 3.8) is 0 Å². The summed E-state index contributed by atoms with van der Waals surface area (Å²) >= 11 is 0. The zero-order chi connectivity index (χ0) is 16.7. The number of hydrogen-bond donors (Lipinski definition) is 2. The van der Waals surface area contributed by atoms with Gasteiger partial charge < -0.3 is 15.8 Å². The maximum absolute atomic E-state index is 5.88. The van der Waals surface area contributed by atoms with Gasteiger partial charge in [-0.2, -0.15) is 0 Å². The van der Waals surface area contributed by atoms with Gasteiger partial charge in [0.05, 0.1) is 31.2 Å². The van der Waals surface area contributed by atoms with Gasteiger partial charge in [-0.25, -0.2) is 9.97 Å². The van der Waals surface area contributed by atoms with E-state index in [0.29, 0.717) is 24.8 Å². The second-order valence-electron chi connectivity index (χ2n) is 6.22. The molecule has 0 atom stereocenters. The van der Waals surface area contributed by atoms with Crippen LogP contribution in [0.15, 0.2) is 48.0 Å². The molecule has 0 aliphatic carbocycles. The summed E-state index contributed by atoms with van der Waals surface area (Å²) in [5.74, 6) is 1.20. The molecule has 2 rings (SSSR count). The summed E-state index contributed by atoms with van der Waals surface area (Å²) in [6.07, 6.45) is 4.74. The normalized spacial score (nSPS) is 12.0. The fourth-order valence-electron chi connectivity index (χ4n) is 1.81. The van der Waals surface area contributed by atoms with E-state index in [2.05, 4.69) is 41.0 Å². The number of aryl methyl sites for hydroxylation is 1. The Kier molecular flexibility index (Phi) is 5.51. The van der Waals surface area contributed by atoms with Crippen LogP contribution in [0.1, 0.15) is 19.4 Å². The molecule has 1 aromatic carbocycles. The topological polar surface area (TPSA) is 85.4 Å². The number of aromatic nitrogens is 2. The Balaban J connectivity index is 1.84. The van der Waals surface area contributed by atoms with E-state index < -0.39 is 0 Å². The maximum Gasteiger partial charge on any atom is 0.193 e. The van der Waals surface area contributed by atoms with E-state index in [4.69, 9.17) is 10.5 Å². The van der Waals surface area contributed by atoms with Gasteiger partial charge in [-0.3, -0.25) is 4.99 Å². The molecule has 3 N–H and O–H groups in total. The molecule has 0 aliphatic rings. The Morgan fingerprint density at radius 2 is 1.87 bits per heavy atom. The van der Waals surface area contributed by atoms with Gasteiger partial charge in [0, 0.05) is 5.41 Å². The van der Waals surface area contributed by atoms with Crippen molar-refractivity contribution in [2.45, 2.75) is 20.8 Å². The summed E-state index contributed by atoms with van der Waals surface area (Å²) in [7, 11) is 0. The van der Waals surface area contributed by atoms with Crippen LogP contribution in [0.25, 0.3) is 0 Å². The number of nitrogens with two attached hydrogens (primary N) is 1. The van der Waals surface area contributed by atoms with Crippen molar-refractivity contribution in [1.82, 2.24) is 9.97 Å². The molecule has 6 heteroatoms. The average molecular weight is 313 g/mol. The molecule has 0 saturated carbocycles. The third kappa shape index (κ3) is 5.94. The lowest BCUT2D eigenvalue weighted by Gasteiger charge is -2.23. The molecule has 6 nitrogen and oxygen atoms in total. The number of nitrogens with one attached hydrogen (secondary N) is 1. The summed E-state index contributed by atoms with van der Waals surface area (Å²) in [6.45, 7) is 7.33. The number of rotatable bonds is 6. The minimum atomic E-state index is -0.135. The number of ether oxygens (including phenoxy) is 1. The van der Waals surface area contributed by atoms with Crippen molar-refractivity contribution in [1.29, 1.82) is 0 Å². The van der Waals surface area contributed by atoms with Crippen molar-refractivity contribution < 1.29 is 4.74 Å². The highest BCUT2D eigenvalue weighted by Crippen LogP contribution is 2.19. The second kappa shape index (κ2) is 7.58. The first-order chi connectivity index (χ1) is 10.9. The summed E-state index contributed by atoms with van der Waals surface area (Å²) in [6, 6.07) is 8.01. The SMILES string of the molecule is Cc1ccc(OCC(C)(C)CN=C(N)Nc2cncnc2)cc1. The van der Waals surface area contributed by atoms with E-state index in [0.717, 1.165) is 5.75 Å². The second-order valence-corrected chi connectivity index (χ2v) is 6.22. The Bertz CT molecular complexity index is 638. The molecule has 0 fully saturated rings. The summed E-state index contributed by atoms with van der Waals surface area (Å²) in [5.41, 5.74) is 7.67. The fourth-order valence-corrected chi connectivity index (χ4v) is 1.81. The zero-order valence-corrected chi connectivity index (χ0v) is 13.8. The predicted octanol–water partition coefficient (Wildman–Crippen LogP) is 2.62. The number of hydrogen-bond acceptors (Lipinski definition) is 4. The van der Waals surface area contributed by atoms with Crippen LogP contribution in [0.3, 0.4) is 0 Å². The maximum atomic E-state index is 5.88. The number of benzene rings is 1. The number of guanidine groups is 1. The minimum absolute atomic E-state index is 0.135. The molecular formula is C17H23N5O. The first-order valence-electron chi connectivity index (χ1n) is 7.46. The summed E-state index contributed by atoms with van der Waals surface area (Å²) in [5, 5.41) is 2.96. The molecule has 1 heterocycles. The largest absolute Gasteiger partial charge is 0.493 e. The van der Waals surface area contributed by atoms with Gasteiger partial charge >= 0.3 is 0 Å². The van der Waals surface area contributed by atoms with E-state index in [1.54, 1.807) is 12.4 Å². The average Bonchev–Trinajstić information content (AvgIpc) is 2.54. The first kappa shape index (κ1) is 16.7. The molecule has 0 aliphatic heterocycles. The van der Waals surface area contributed by atoms with E-state index in [9.17, 15) is 0 Å². The monoisotopic (exact) mass is 313 g/mol. The standard InChI is InChI=1S/C17H23N5O/c1-13-4-6-15(7-5-13)23-11-17(2,3)10-21-16(18)22-14-8-19-12-20-9-14/h4-9,12H,10-11H2,1-3H3,(H3,18,21,22). The fraction of sp³-hybridized carbons (Fsp3) is 0.353. The van der Waals surface area contributed by atoms with Crippen LogP contribution in [-0.2, 0) is 0 Å². The summed E-state index contributed by atoms with van der Waals surface area (Å²) < 4.78 is 5.83. The van der Waals surface area contributed by atoms with Gasteiger partial charge in [-0.1, -0.05) is 31.5 Å². The lowest BCUT2D eigenvalue weighted by atomic mass is 9.95. The van der Waals surface area contributed by atoms with E-state index in [-0.39, 0.29) is 5.41 Å². The van der Waals surface area contributed by atoms with Crippen LogP contribution in [-0.4, -0.2) is 29.1 Å². The third-order valence-electron chi connectivity index (χ3n) is 3.16. The third-order valence-corrected chi connectivity index (χ3v) is 3.16. The van der Waals surface area contributed by atoms with Crippen molar-refractivity contribution in [2.75, 3.05) is 18.5 Å². The Morgan fingerprint density at radius 3 is 2.52 bits per heavy atom. The smallest absolute Gasteiger partial charge is 0.193 e. The van der Waals surface area contributed by atoms with Crippen molar-refractivity contribution >= 4 is 11.6 Å². The molecule has 0 amide bonds. The van der Waals surface area contributed by atoms with Crippen molar-refractivity contribution in [2.24, 2.45) is 16.1 Å². The Morgan fingerprint density at radius 1 is 1.22 bits per heavy atom. The molecule has 0 bridgehead atoms. The molecule has 23 heavy (non-hydrogen) atoms. The molecule has 0 radical (unpaired) electrons. The van der Waals surface area contributed by atoms with Crippen LogP contribution in [0.5, 0.6) is 5.75 Å². The Hall–Kier alpha value is -2.63. The van der Waals surface area contributed by atoms with Gasteiger partial charge in [0.15, 0.2) is 5.96 Å². The summed E-state index contributed by atoms with van der Waals surface area (Å²) in [4.78, 5) is 12.2. The molecule has 0 unspecified atom stereocenters. The van der Waals surface area contributed by atoms with Crippen molar-refractivity contribution in [3.8, 4) is 5.75 Å². The van der Waals surface area contributed by atoms with E-state index >= 15 is 0 Å². The molecule has 0 spiro atoms. The predicted molar refractivity (Wildman–Crippen MR) is 92.6 cm³/mol. The lowest BCUT2D eigenvalue weighted by Crippen LogP contribution is -2.29. The lowest BCUT2D eigenvalue weighted by molar-refractivity contribution is 0.187. The highest BCUT2D eigenvalue weighted by atomic mass is 16.5. The van der Waals surface area contributed by atoms with Gasteiger partial charge in [0.2, 0.25) is 0 Å². The van der Waals surface area contributed by atoms with Gasteiger partial charge in [0.25, 0.3) is 0 Å². The van der Waals surface area contributed by atoms with Gasteiger partial charge in [-0.15, -0.1) is 0 Å². The van der Waals surface area contributed by atoms with Crippen LogP contribution >= 0.6 is 0 Å². The first-order valence-corrected chi connectivity index (χ1v) is 7.46. The minimum Gasteiger partial charge on any atom is -0.493 e. The number of aliphatic imine (C=N–C) groups is 1. The molecule has 122 valence electrons. The van der Waals surface area contributed by atoms with Crippen LogP contribution in [0.4, 0.5) is 5.69 Å². The quantitative estimate of drug-likeness (QED) is 0.632. The van der Waals surface area contributed by atoms with Crippen LogP contribution in [0.2, 0.25) is 0 Å².